The van der Waals surface area contributed by atoms with Crippen LogP contribution < -0.4 is 0 Å². The van der Waals surface area contributed by atoms with Crippen molar-refractivity contribution in [2.75, 3.05) is 0 Å². The average Bonchev–Trinajstić information content (AvgIpc) is 2.53. The van der Waals surface area contributed by atoms with E-state index < -0.39 is 0 Å². The SMILES string of the molecule is Cc1oc(C)c(C(O)C2CCC(C)CC2)c1C. The van der Waals surface area contributed by atoms with Gasteiger partial charge in [0.1, 0.15) is 11.5 Å². The van der Waals surface area contributed by atoms with Crippen LogP contribution in [0.4, 0.5) is 0 Å². The molecule has 0 aliphatic heterocycles. The standard InChI is InChI=1S/C15H24O2/c1-9-5-7-13(8-6-9)15(16)14-10(2)11(3)17-12(14)4/h9,13,15-16H,5-8H2,1-4H3. The van der Waals surface area contributed by atoms with Gasteiger partial charge >= 0.3 is 0 Å². The van der Waals surface area contributed by atoms with Crippen LogP contribution in [0.1, 0.15) is 61.4 Å². The Kier molecular flexibility index (Phi) is 3.62. The fraction of sp³-hybridized carbons (Fsp3) is 0.733. The topological polar surface area (TPSA) is 33.4 Å². The third kappa shape index (κ3) is 2.42. The predicted octanol–water partition coefficient (Wildman–Crippen LogP) is 4.06. The molecular weight excluding hydrogens is 212 g/mol. The second-order valence-electron chi connectivity index (χ2n) is 5.72. The van der Waals surface area contributed by atoms with Gasteiger partial charge in [-0.2, -0.15) is 0 Å². The molecular formula is C15H24O2. The molecule has 1 heterocycles. The highest BCUT2D eigenvalue weighted by Gasteiger charge is 2.29. The summed E-state index contributed by atoms with van der Waals surface area (Å²) in [7, 11) is 0. The summed E-state index contributed by atoms with van der Waals surface area (Å²) in [5.41, 5.74) is 2.18. The molecule has 1 atom stereocenters. The highest BCUT2D eigenvalue weighted by atomic mass is 16.3. The summed E-state index contributed by atoms with van der Waals surface area (Å²) in [6.45, 7) is 8.29. The summed E-state index contributed by atoms with van der Waals surface area (Å²) < 4.78 is 5.62. The minimum absolute atomic E-state index is 0.333. The maximum atomic E-state index is 10.5. The van der Waals surface area contributed by atoms with E-state index in [-0.39, 0.29) is 6.10 Å². The van der Waals surface area contributed by atoms with E-state index in [1.54, 1.807) is 0 Å². The minimum Gasteiger partial charge on any atom is -0.466 e. The Bertz CT molecular complexity index is 384. The fourth-order valence-electron chi connectivity index (χ4n) is 3.08. The molecule has 1 unspecified atom stereocenters. The molecule has 1 fully saturated rings. The van der Waals surface area contributed by atoms with E-state index in [1.165, 1.54) is 12.8 Å². The van der Waals surface area contributed by atoms with Crippen molar-refractivity contribution >= 4 is 0 Å². The third-order valence-electron chi connectivity index (χ3n) is 4.42. The molecule has 0 bridgehead atoms. The van der Waals surface area contributed by atoms with Crippen molar-refractivity contribution < 1.29 is 9.52 Å². The molecule has 2 rings (SSSR count). The molecule has 1 aromatic heterocycles. The zero-order valence-corrected chi connectivity index (χ0v) is 11.4. The van der Waals surface area contributed by atoms with Crippen LogP contribution in [0.15, 0.2) is 4.42 Å². The second-order valence-corrected chi connectivity index (χ2v) is 5.72. The molecule has 1 aliphatic rings. The maximum Gasteiger partial charge on any atom is 0.107 e. The largest absolute Gasteiger partial charge is 0.466 e. The van der Waals surface area contributed by atoms with Crippen molar-refractivity contribution in [1.82, 2.24) is 0 Å². The second kappa shape index (κ2) is 4.85. The first-order valence-electron chi connectivity index (χ1n) is 6.75. The van der Waals surface area contributed by atoms with Crippen LogP contribution >= 0.6 is 0 Å². The van der Waals surface area contributed by atoms with Gasteiger partial charge in [-0.05, 0) is 51.0 Å². The van der Waals surface area contributed by atoms with Crippen LogP contribution in [0.3, 0.4) is 0 Å². The molecule has 0 radical (unpaired) electrons. The van der Waals surface area contributed by atoms with Crippen molar-refractivity contribution in [1.29, 1.82) is 0 Å². The number of furan rings is 1. The molecule has 96 valence electrons. The van der Waals surface area contributed by atoms with Crippen LogP contribution in [-0.4, -0.2) is 5.11 Å². The fourth-order valence-corrected chi connectivity index (χ4v) is 3.08. The van der Waals surface area contributed by atoms with Gasteiger partial charge in [-0.1, -0.05) is 19.8 Å². The zero-order chi connectivity index (χ0) is 12.6. The molecule has 0 amide bonds. The smallest absolute Gasteiger partial charge is 0.107 e. The van der Waals surface area contributed by atoms with Crippen molar-refractivity contribution in [3.8, 4) is 0 Å². The number of hydrogen-bond donors (Lipinski definition) is 1. The van der Waals surface area contributed by atoms with Gasteiger partial charge in [0.2, 0.25) is 0 Å². The molecule has 17 heavy (non-hydrogen) atoms. The summed E-state index contributed by atoms with van der Waals surface area (Å²) in [5, 5.41) is 10.5. The molecule has 1 aliphatic carbocycles. The van der Waals surface area contributed by atoms with Gasteiger partial charge in [0, 0.05) is 5.56 Å². The summed E-state index contributed by atoms with van der Waals surface area (Å²) in [4.78, 5) is 0. The van der Waals surface area contributed by atoms with Gasteiger partial charge in [-0.15, -0.1) is 0 Å². The Morgan fingerprint density at radius 3 is 2.12 bits per heavy atom. The van der Waals surface area contributed by atoms with Gasteiger partial charge in [0.05, 0.1) is 6.10 Å². The quantitative estimate of drug-likeness (QED) is 0.840. The Morgan fingerprint density at radius 1 is 1.06 bits per heavy atom. The average molecular weight is 236 g/mol. The van der Waals surface area contributed by atoms with E-state index in [4.69, 9.17) is 4.42 Å². The number of aliphatic hydroxyl groups is 1. The van der Waals surface area contributed by atoms with E-state index in [9.17, 15) is 5.11 Å². The van der Waals surface area contributed by atoms with Crippen LogP contribution in [-0.2, 0) is 0 Å². The number of aryl methyl sites for hydroxylation is 2. The number of hydrogen-bond acceptors (Lipinski definition) is 2. The van der Waals surface area contributed by atoms with Crippen LogP contribution in [0.2, 0.25) is 0 Å². The minimum atomic E-state index is -0.333. The van der Waals surface area contributed by atoms with E-state index in [0.717, 1.165) is 41.4 Å². The van der Waals surface area contributed by atoms with Crippen molar-refractivity contribution in [3.63, 3.8) is 0 Å². The molecule has 0 saturated heterocycles. The van der Waals surface area contributed by atoms with E-state index in [0.29, 0.717) is 5.92 Å². The molecule has 1 saturated carbocycles. The highest BCUT2D eigenvalue weighted by molar-refractivity contribution is 5.33. The van der Waals surface area contributed by atoms with E-state index in [1.807, 2.05) is 13.8 Å². The first kappa shape index (κ1) is 12.7. The number of rotatable bonds is 2. The van der Waals surface area contributed by atoms with Crippen LogP contribution in [0.25, 0.3) is 0 Å². The van der Waals surface area contributed by atoms with Crippen LogP contribution in [0, 0.1) is 32.6 Å². The lowest BCUT2D eigenvalue weighted by Crippen LogP contribution is -2.20. The first-order valence-corrected chi connectivity index (χ1v) is 6.75. The Hall–Kier alpha value is -0.760. The van der Waals surface area contributed by atoms with Crippen molar-refractivity contribution in [3.05, 3.63) is 22.6 Å². The zero-order valence-electron chi connectivity index (χ0n) is 11.4. The summed E-state index contributed by atoms with van der Waals surface area (Å²) >= 11 is 0. The summed E-state index contributed by atoms with van der Waals surface area (Å²) in [5.74, 6) is 3.08. The molecule has 2 nitrogen and oxygen atoms in total. The molecule has 0 aromatic carbocycles. The van der Waals surface area contributed by atoms with Gasteiger partial charge in [-0.25, -0.2) is 0 Å². The Labute approximate surface area is 104 Å². The summed E-state index contributed by atoms with van der Waals surface area (Å²) in [6.07, 6.45) is 4.45. The maximum absolute atomic E-state index is 10.5. The van der Waals surface area contributed by atoms with Gasteiger partial charge < -0.3 is 9.52 Å². The molecule has 0 spiro atoms. The normalized spacial score (nSPS) is 27.1. The van der Waals surface area contributed by atoms with Gasteiger partial charge in [0.25, 0.3) is 0 Å². The Balaban J connectivity index is 2.16. The lowest BCUT2D eigenvalue weighted by atomic mass is 9.78. The summed E-state index contributed by atoms with van der Waals surface area (Å²) in [6, 6.07) is 0. The number of aliphatic hydroxyl groups excluding tert-OH is 1. The Morgan fingerprint density at radius 2 is 1.65 bits per heavy atom. The third-order valence-corrected chi connectivity index (χ3v) is 4.42. The first-order chi connectivity index (χ1) is 8.00. The lowest BCUT2D eigenvalue weighted by molar-refractivity contribution is 0.0739. The lowest BCUT2D eigenvalue weighted by Gasteiger charge is -2.30. The predicted molar refractivity (Wildman–Crippen MR) is 69.0 cm³/mol. The molecule has 2 heteroatoms. The van der Waals surface area contributed by atoms with Crippen LogP contribution in [0.5, 0.6) is 0 Å². The van der Waals surface area contributed by atoms with Crippen molar-refractivity contribution in [2.24, 2.45) is 11.8 Å². The monoisotopic (exact) mass is 236 g/mol. The van der Waals surface area contributed by atoms with Gasteiger partial charge in [0.15, 0.2) is 0 Å². The molecule has 1 aromatic rings. The highest BCUT2D eigenvalue weighted by Crippen LogP contribution is 2.39. The molecule has 1 N–H and O–H groups in total. The van der Waals surface area contributed by atoms with Gasteiger partial charge in [-0.3, -0.25) is 0 Å². The van der Waals surface area contributed by atoms with E-state index >= 15 is 0 Å². The van der Waals surface area contributed by atoms with E-state index in [2.05, 4.69) is 13.8 Å². The van der Waals surface area contributed by atoms with Crippen molar-refractivity contribution in [2.45, 2.75) is 59.5 Å².